The maximum Gasteiger partial charge on any atom is 0.257 e. The topological polar surface area (TPSA) is 52.6 Å². The van der Waals surface area contributed by atoms with Crippen LogP contribution in [-0.2, 0) is 0 Å². The normalized spacial score (nSPS) is 16.4. The zero-order chi connectivity index (χ0) is 14.5. The molecule has 2 N–H and O–H groups in total. The van der Waals surface area contributed by atoms with Gasteiger partial charge in [0.25, 0.3) is 5.91 Å². The Morgan fingerprint density at radius 3 is 2.75 bits per heavy atom. The van der Waals surface area contributed by atoms with Crippen LogP contribution in [0.2, 0.25) is 0 Å². The molecule has 0 atom stereocenters. The van der Waals surface area contributed by atoms with Crippen LogP contribution in [0.5, 0.6) is 5.75 Å². The molecule has 0 aliphatic carbocycles. The number of carbonyl (C=O) groups excluding carboxylic acids is 1. The molecule has 110 valence electrons. The summed E-state index contributed by atoms with van der Waals surface area (Å²) in [6.45, 7) is 5.66. The van der Waals surface area contributed by atoms with Gasteiger partial charge in [-0.1, -0.05) is 22.9 Å². The largest absolute Gasteiger partial charge is 0.507 e. The molecular formula is C15H21BrN2O2. The predicted molar refractivity (Wildman–Crippen MR) is 83.0 cm³/mol. The van der Waals surface area contributed by atoms with Crippen molar-refractivity contribution in [2.75, 3.05) is 26.2 Å². The standard InChI is InChI=1S/C15H21BrN2O2/c1-2-17-10-11-5-7-18(8-6-11)15(20)13-4-3-12(16)9-14(13)19/h3-4,9,11,17,19H,2,5-8,10H2,1H3. The van der Waals surface area contributed by atoms with Gasteiger partial charge in [-0.25, -0.2) is 0 Å². The number of piperidine rings is 1. The van der Waals surface area contributed by atoms with Gasteiger partial charge in [0, 0.05) is 17.6 Å². The predicted octanol–water partition coefficient (Wildman–Crippen LogP) is 2.62. The fraction of sp³-hybridized carbons (Fsp3) is 0.533. The van der Waals surface area contributed by atoms with Gasteiger partial charge in [0.05, 0.1) is 5.56 Å². The molecule has 0 bridgehead atoms. The molecule has 20 heavy (non-hydrogen) atoms. The van der Waals surface area contributed by atoms with Gasteiger partial charge in [-0.15, -0.1) is 0 Å². The molecule has 4 nitrogen and oxygen atoms in total. The van der Waals surface area contributed by atoms with Crippen LogP contribution in [0, 0.1) is 5.92 Å². The Balaban J connectivity index is 1.94. The van der Waals surface area contributed by atoms with E-state index in [1.807, 2.05) is 4.90 Å². The van der Waals surface area contributed by atoms with Crippen molar-refractivity contribution >= 4 is 21.8 Å². The van der Waals surface area contributed by atoms with Gasteiger partial charge in [0.15, 0.2) is 0 Å². The molecule has 0 radical (unpaired) electrons. The number of nitrogens with zero attached hydrogens (tertiary/aromatic N) is 1. The average molecular weight is 341 g/mol. The van der Waals surface area contributed by atoms with E-state index in [9.17, 15) is 9.90 Å². The number of aromatic hydroxyl groups is 1. The second kappa shape index (κ2) is 7.09. The van der Waals surface area contributed by atoms with E-state index in [1.54, 1.807) is 18.2 Å². The summed E-state index contributed by atoms with van der Waals surface area (Å²) in [4.78, 5) is 14.2. The summed E-state index contributed by atoms with van der Waals surface area (Å²) >= 11 is 3.28. The summed E-state index contributed by atoms with van der Waals surface area (Å²) in [7, 11) is 0. The first kappa shape index (κ1) is 15.3. The van der Waals surface area contributed by atoms with E-state index in [-0.39, 0.29) is 11.7 Å². The second-order valence-electron chi connectivity index (χ2n) is 5.20. The highest BCUT2D eigenvalue weighted by Gasteiger charge is 2.24. The lowest BCUT2D eigenvalue weighted by atomic mass is 9.96. The van der Waals surface area contributed by atoms with Crippen LogP contribution in [0.4, 0.5) is 0 Å². The number of halogens is 1. The zero-order valence-electron chi connectivity index (χ0n) is 11.7. The molecule has 1 saturated heterocycles. The van der Waals surface area contributed by atoms with Gasteiger partial charge in [0.1, 0.15) is 5.75 Å². The lowest BCUT2D eigenvalue weighted by Gasteiger charge is -2.32. The van der Waals surface area contributed by atoms with E-state index in [2.05, 4.69) is 28.2 Å². The molecule has 0 aromatic heterocycles. The van der Waals surface area contributed by atoms with Crippen LogP contribution < -0.4 is 5.32 Å². The number of phenols is 1. The SMILES string of the molecule is CCNCC1CCN(C(=O)c2ccc(Br)cc2O)CC1. The summed E-state index contributed by atoms with van der Waals surface area (Å²) < 4.78 is 0.774. The van der Waals surface area contributed by atoms with E-state index >= 15 is 0 Å². The number of rotatable bonds is 4. The number of amides is 1. The number of hydrogen-bond acceptors (Lipinski definition) is 3. The zero-order valence-corrected chi connectivity index (χ0v) is 13.3. The van der Waals surface area contributed by atoms with Crippen LogP contribution in [0.3, 0.4) is 0 Å². The van der Waals surface area contributed by atoms with Gasteiger partial charge in [-0.3, -0.25) is 4.79 Å². The van der Waals surface area contributed by atoms with Gasteiger partial charge >= 0.3 is 0 Å². The highest BCUT2D eigenvalue weighted by Crippen LogP contribution is 2.25. The molecular weight excluding hydrogens is 320 g/mol. The monoisotopic (exact) mass is 340 g/mol. The number of hydrogen-bond donors (Lipinski definition) is 2. The number of phenolic OH excluding ortho intramolecular Hbond substituents is 1. The Morgan fingerprint density at radius 2 is 2.15 bits per heavy atom. The maximum atomic E-state index is 12.4. The van der Waals surface area contributed by atoms with E-state index in [1.165, 1.54) is 0 Å². The lowest BCUT2D eigenvalue weighted by Crippen LogP contribution is -2.40. The third-order valence-electron chi connectivity index (χ3n) is 3.77. The summed E-state index contributed by atoms with van der Waals surface area (Å²) in [6.07, 6.45) is 2.05. The Kier molecular flexibility index (Phi) is 5.43. The fourth-order valence-electron chi connectivity index (χ4n) is 2.54. The van der Waals surface area contributed by atoms with E-state index < -0.39 is 0 Å². The number of benzene rings is 1. The molecule has 2 rings (SSSR count). The molecule has 0 unspecified atom stereocenters. The first-order chi connectivity index (χ1) is 9.61. The summed E-state index contributed by atoms with van der Waals surface area (Å²) in [6, 6.07) is 5.02. The van der Waals surface area contributed by atoms with Crippen LogP contribution in [0.15, 0.2) is 22.7 Å². The first-order valence-corrected chi connectivity index (χ1v) is 7.89. The number of nitrogens with one attached hydrogen (secondary N) is 1. The molecule has 1 aromatic carbocycles. The lowest BCUT2D eigenvalue weighted by molar-refractivity contribution is 0.0687. The first-order valence-electron chi connectivity index (χ1n) is 7.10. The van der Waals surface area contributed by atoms with Crippen molar-refractivity contribution < 1.29 is 9.90 Å². The maximum absolute atomic E-state index is 12.4. The smallest absolute Gasteiger partial charge is 0.257 e. The molecule has 1 amide bonds. The highest BCUT2D eigenvalue weighted by atomic mass is 79.9. The van der Waals surface area contributed by atoms with Crippen LogP contribution in [0.1, 0.15) is 30.1 Å². The minimum atomic E-state index is -0.0723. The number of carbonyl (C=O) groups is 1. The van der Waals surface area contributed by atoms with Gasteiger partial charge in [0.2, 0.25) is 0 Å². The minimum Gasteiger partial charge on any atom is -0.507 e. The molecule has 1 aromatic rings. The third kappa shape index (κ3) is 3.73. The molecule has 0 saturated carbocycles. The minimum absolute atomic E-state index is 0.0409. The molecule has 1 heterocycles. The Labute approximate surface area is 128 Å². The van der Waals surface area contributed by atoms with Crippen LogP contribution in [-0.4, -0.2) is 42.1 Å². The molecule has 1 aliphatic heterocycles. The van der Waals surface area contributed by atoms with Crippen molar-refractivity contribution in [1.82, 2.24) is 10.2 Å². The van der Waals surface area contributed by atoms with Gasteiger partial charge < -0.3 is 15.3 Å². The summed E-state index contributed by atoms with van der Waals surface area (Å²) in [5.74, 6) is 0.619. The van der Waals surface area contributed by atoms with Crippen molar-refractivity contribution in [3.63, 3.8) is 0 Å². The van der Waals surface area contributed by atoms with Crippen molar-refractivity contribution in [3.8, 4) is 5.75 Å². The summed E-state index contributed by atoms with van der Waals surface area (Å²) in [5.41, 5.74) is 0.387. The van der Waals surface area contributed by atoms with Crippen LogP contribution in [0.25, 0.3) is 0 Å². The summed E-state index contributed by atoms with van der Waals surface area (Å²) in [5, 5.41) is 13.2. The van der Waals surface area contributed by atoms with E-state index in [4.69, 9.17) is 0 Å². The van der Waals surface area contributed by atoms with E-state index in [0.717, 1.165) is 43.5 Å². The Morgan fingerprint density at radius 1 is 1.45 bits per heavy atom. The number of likely N-dealkylation sites (tertiary alicyclic amines) is 1. The van der Waals surface area contributed by atoms with Gasteiger partial charge in [-0.05, 0) is 50.0 Å². The fourth-order valence-corrected chi connectivity index (χ4v) is 2.89. The van der Waals surface area contributed by atoms with Crippen molar-refractivity contribution in [2.45, 2.75) is 19.8 Å². The molecule has 1 fully saturated rings. The van der Waals surface area contributed by atoms with Crippen molar-refractivity contribution in [2.24, 2.45) is 5.92 Å². The molecule has 1 aliphatic rings. The molecule has 5 heteroatoms. The second-order valence-corrected chi connectivity index (χ2v) is 6.12. The molecule has 0 spiro atoms. The van der Waals surface area contributed by atoms with E-state index in [0.29, 0.717) is 11.5 Å². The highest BCUT2D eigenvalue weighted by molar-refractivity contribution is 9.10. The van der Waals surface area contributed by atoms with Crippen LogP contribution >= 0.6 is 15.9 Å². The van der Waals surface area contributed by atoms with Crippen molar-refractivity contribution in [3.05, 3.63) is 28.2 Å². The van der Waals surface area contributed by atoms with Gasteiger partial charge in [-0.2, -0.15) is 0 Å². The third-order valence-corrected chi connectivity index (χ3v) is 4.27. The average Bonchev–Trinajstić information content (AvgIpc) is 2.45. The Hall–Kier alpha value is -1.07. The van der Waals surface area contributed by atoms with Crippen molar-refractivity contribution in [1.29, 1.82) is 0 Å². The quantitative estimate of drug-likeness (QED) is 0.885. The Bertz CT molecular complexity index is 471.